The third-order valence-corrected chi connectivity index (χ3v) is 3.36. The third-order valence-electron chi connectivity index (χ3n) is 3.36. The maximum atomic E-state index is 12.0. The Morgan fingerprint density at radius 3 is 2.80 bits per heavy atom. The first-order valence-corrected chi connectivity index (χ1v) is 5.51. The summed E-state index contributed by atoms with van der Waals surface area (Å²) in [5.74, 6) is 0.147. The lowest BCUT2D eigenvalue weighted by Gasteiger charge is -2.30. The van der Waals surface area contributed by atoms with Crippen molar-refractivity contribution in [3.05, 3.63) is 23.3 Å². The molecule has 2 atom stereocenters. The minimum atomic E-state index is -0.0433. The van der Waals surface area contributed by atoms with E-state index in [9.17, 15) is 4.79 Å². The number of carbonyl (C=O) groups excluding carboxylic acids is 1. The van der Waals surface area contributed by atoms with Crippen LogP contribution in [0.3, 0.4) is 0 Å². The van der Waals surface area contributed by atoms with Gasteiger partial charge in [-0.1, -0.05) is 19.9 Å². The van der Waals surface area contributed by atoms with E-state index in [0.717, 1.165) is 17.6 Å². The number of allylic oxidation sites excluding steroid dienone is 3. The first-order valence-electron chi connectivity index (χ1n) is 5.51. The van der Waals surface area contributed by atoms with Crippen molar-refractivity contribution in [1.82, 2.24) is 0 Å². The van der Waals surface area contributed by atoms with Crippen molar-refractivity contribution in [2.75, 3.05) is 0 Å². The van der Waals surface area contributed by atoms with Gasteiger partial charge in [-0.25, -0.2) is 0 Å². The number of rotatable bonds is 2. The SMILES string of the molecule is C/C=C/C(=O)C1=C(C)C2OC2CC1(C)C. The molecule has 2 rings (SSSR count). The zero-order valence-corrected chi connectivity index (χ0v) is 9.83. The van der Waals surface area contributed by atoms with Crippen LogP contribution in [-0.4, -0.2) is 18.0 Å². The molecule has 0 N–H and O–H groups in total. The number of hydrogen-bond donors (Lipinski definition) is 0. The number of hydrogen-bond acceptors (Lipinski definition) is 2. The molecule has 2 nitrogen and oxygen atoms in total. The van der Waals surface area contributed by atoms with Crippen LogP contribution in [0.5, 0.6) is 0 Å². The minimum Gasteiger partial charge on any atom is -0.365 e. The standard InChI is InChI=1S/C13H18O2/c1-5-6-9(14)11-8(2)12-10(15-12)7-13(11,3)4/h5-6,10,12H,7H2,1-4H3/b6-5+. The first kappa shape index (κ1) is 10.6. The van der Waals surface area contributed by atoms with Gasteiger partial charge in [0.15, 0.2) is 5.78 Å². The van der Waals surface area contributed by atoms with Crippen LogP contribution in [0, 0.1) is 5.41 Å². The fourth-order valence-corrected chi connectivity index (χ4v) is 2.72. The molecule has 2 unspecified atom stereocenters. The highest BCUT2D eigenvalue weighted by molar-refractivity contribution is 6.05. The molecule has 0 aromatic carbocycles. The zero-order chi connectivity index (χ0) is 11.2. The number of carbonyl (C=O) groups is 1. The molecular formula is C13H18O2. The molecule has 0 bridgehead atoms. The van der Waals surface area contributed by atoms with E-state index >= 15 is 0 Å². The molecule has 0 aromatic rings. The lowest BCUT2D eigenvalue weighted by atomic mass is 9.71. The van der Waals surface area contributed by atoms with Crippen molar-refractivity contribution in [2.24, 2.45) is 5.41 Å². The van der Waals surface area contributed by atoms with E-state index in [0.29, 0.717) is 6.10 Å². The molecule has 82 valence electrons. The van der Waals surface area contributed by atoms with Gasteiger partial charge in [0, 0.05) is 5.57 Å². The van der Waals surface area contributed by atoms with Gasteiger partial charge >= 0.3 is 0 Å². The van der Waals surface area contributed by atoms with E-state index in [4.69, 9.17) is 4.74 Å². The predicted octanol–water partition coefficient (Wildman–Crippen LogP) is 2.65. The molecule has 1 fully saturated rings. The summed E-state index contributed by atoms with van der Waals surface area (Å²) in [6.45, 7) is 8.17. The molecule has 15 heavy (non-hydrogen) atoms. The Kier molecular flexibility index (Phi) is 2.34. The van der Waals surface area contributed by atoms with Crippen molar-refractivity contribution in [2.45, 2.75) is 46.3 Å². The van der Waals surface area contributed by atoms with Crippen LogP contribution in [0.4, 0.5) is 0 Å². The fourth-order valence-electron chi connectivity index (χ4n) is 2.72. The maximum absolute atomic E-state index is 12.0. The first-order chi connectivity index (χ1) is 6.97. The second-order valence-electron chi connectivity index (χ2n) is 5.11. The quantitative estimate of drug-likeness (QED) is 0.513. The summed E-state index contributed by atoms with van der Waals surface area (Å²) in [7, 11) is 0. The number of fused-ring (bicyclic) bond motifs is 1. The number of ketones is 1. The largest absolute Gasteiger partial charge is 0.365 e. The minimum absolute atomic E-state index is 0.0433. The monoisotopic (exact) mass is 206 g/mol. The highest BCUT2D eigenvalue weighted by atomic mass is 16.6. The van der Waals surface area contributed by atoms with Crippen LogP contribution in [0.15, 0.2) is 23.3 Å². The van der Waals surface area contributed by atoms with Gasteiger partial charge in [0.05, 0.1) is 6.10 Å². The lowest BCUT2D eigenvalue weighted by molar-refractivity contribution is -0.112. The molecule has 0 radical (unpaired) electrons. The summed E-state index contributed by atoms with van der Waals surface area (Å²) in [4.78, 5) is 12.0. The van der Waals surface area contributed by atoms with E-state index in [1.807, 2.05) is 13.8 Å². The van der Waals surface area contributed by atoms with Gasteiger partial charge in [-0.3, -0.25) is 4.79 Å². The number of ether oxygens (including phenoxy) is 1. The molecule has 0 aromatic heterocycles. The van der Waals surface area contributed by atoms with Gasteiger partial charge in [-0.15, -0.1) is 0 Å². The van der Waals surface area contributed by atoms with E-state index < -0.39 is 0 Å². The van der Waals surface area contributed by atoms with Crippen LogP contribution in [0.1, 0.15) is 34.1 Å². The highest BCUT2D eigenvalue weighted by Gasteiger charge is 2.51. The van der Waals surface area contributed by atoms with Crippen molar-refractivity contribution < 1.29 is 9.53 Å². The third kappa shape index (κ3) is 1.67. The van der Waals surface area contributed by atoms with Crippen molar-refractivity contribution in [3.63, 3.8) is 0 Å². The van der Waals surface area contributed by atoms with E-state index in [1.54, 1.807) is 12.2 Å². The van der Waals surface area contributed by atoms with Gasteiger partial charge in [0.1, 0.15) is 6.10 Å². The van der Waals surface area contributed by atoms with Crippen molar-refractivity contribution in [1.29, 1.82) is 0 Å². The second-order valence-corrected chi connectivity index (χ2v) is 5.11. The fraction of sp³-hybridized carbons (Fsp3) is 0.615. The Balaban J connectivity index is 2.40. The summed E-state index contributed by atoms with van der Waals surface area (Å²) in [5.41, 5.74) is 2.05. The van der Waals surface area contributed by atoms with E-state index in [1.165, 1.54) is 0 Å². The molecule has 0 spiro atoms. The summed E-state index contributed by atoms with van der Waals surface area (Å²) in [5, 5.41) is 0. The van der Waals surface area contributed by atoms with Crippen molar-refractivity contribution in [3.8, 4) is 0 Å². The summed E-state index contributed by atoms with van der Waals surface area (Å²) in [6, 6.07) is 0. The topological polar surface area (TPSA) is 29.6 Å². The van der Waals surface area contributed by atoms with E-state index in [2.05, 4.69) is 13.8 Å². The smallest absolute Gasteiger partial charge is 0.182 e. The zero-order valence-electron chi connectivity index (χ0n) is 9.83. The van der Waals surface area contributed by atoms with Crippen LogP contribution >= 0.6 is 0 Å². The molecule has 1 saturated heterocycles. The lowest BCUT2D eigenvalue weighted by Crippen LogP contribution is -2.29. The van der Waals surface area contributed by atoms with Gasteiger partial charge in [0.25, 0.3) is 0 Å². The number of epoxide rings is 1. The van der Waals surface area contributed by atoms with Gasteiger partial charge in [-0.2, -0.15) is 0 Å². The van der Waals surface area contributed by atoms with E-state index in [-0.39, 0.29) is 17.3 Å². The molecule has 1 aliphatic heterocycles. The van der Waals surface area contributed by atoms with Gasteiger partial charge in [-0.05, 0) is 37.3 Å². The highest BCUT2D eigenvalue weighted by Crippen LogP contribution is 2.49. The van der Waals surface area contributed by atoms with Crippen LogP contribution in [0.2, 0.25) is 0 Å². The molecule has 1 aliphatic carbocycles. The second kappa shape index (κ2) is 3.31. The summed E-state index contributed by atoms with van der Waals surface area (Å²) in [6.07, 6.45) is 5.01. The Morgan fingerprint density at radius 2 is 2.20 bits per heavy atom. The average molecular weight is 206 g/mol. The molecular weight excluding hydrogens is 188 g/mol. The van der Waals surface area contributed by atoms with Gasteiger partial charge < -0.3 is 4.74 Å². The molecule has 1 heterocycles. The Morgan fingerprint density at radius 1 is 1.53 bits per heavy atom. The summed E-state index contributed by atoms with van der Waals surface area (Å²) < 4.78 is 5.55. The average Bonchev–Trinajstić information content (AvgIpc) is 2.81. The molecule has 0 amide bonds. The Hall–Kier alpha value is -0.890. The Bertz CT molecular complexity index is 361. The summed E-state index contributed by atoms with van der Waals surface area (Å²) >= 11 is 0. The molecule has 0 saturated carbocycles. The van der Waals surface area contributed by atoms with Crippen LogP contribution < -0.4 is 0 Å². The van der Waals surface area contributed by atoms with Crippen molar-refractivity contribution >= 4 is 5.78 Å². The Labute approximate surface area is 91.0 Å². The maximum Gasteiger partial charge on any atom is 0.182 e. The predicted molar refractivity (Wildman–Crippen MR) is 59.6 cm³/mol. The molecule has 2 heteroatoms. The van der Waals surface area contributed by atoms with Crippen LogP contribution in [-0.2, 0) is 9.53 Å². The normalized spacial score (nSPS) is 33.1. The van der Waals surface area contributed by atoms with Gasteiger partial charge in [0.2, 0.25) is 0 Å². The molecule has 2 aliphatic rings. The van der Waals surface area contributed by atoms with Crippen LogP contribution in [0.25, 0.3) is 0 Å².